The lowest BCUT2D eigenvalue weighted by molar-refractivity contribution is 0.102. The molecule has 0 fully saturated rings. The molecule has 0 saturated heterocycles. The second kappa shape index (κ2) is 6.68. The smallest absolute Gasteiger partial charge is 0.276 e. The van der Waals surface area contributed by atoms with E-state index in [4.69, 9.17) is 0 Å². The van der Waals surface area contributed by atoms with E-state index < -0.39 is 0 Å². The highest BCUT2D eigenvalue weighted by atomic mass is 16.2. The summed E-state index contributed by atoms with van der Waals surface area (Å²) >= 11 is 0. The number of nitrogens with one attached hydrogen (secondary N) is 1. The molecule has 7 heteroatoms. The quantitative estimate of drug-likeness (QED) is 0.602. The van der Waals surface area contributed by atoms with E-state index in [-0.39, 0.29) is 11.9 Å². The Hall–Kier alpha value is -3.48. The van der Waals surface area contributed by atoms with Gasteiger partial charge in [-0.1, -0.05) is 12.1 Å². The van der Waals surface area contributed by atoms with Gasteiger partial charge >= 0.3 is 0 Å². The van der Waals surface area contributed by atoms with Gasteiger partial charge < -0.3 is 14.5 Å². The van der Waals surface area contributed by atoms with Gasteiger partial charge in [-0.3, -0.25) is 4.79 Å². The number of amides is 1. The zero-order valence-electron chi connectivity index (χ0n) is 15.4. The SMILES string of the molecule is CC(C)n1cnc(C(=O)Nc2cc3cc(-c4cncn4C)ccc3cn2)c1. The van der Waals surface area contributed by atoms with Crippen molar-refractivity contribution in [1.82, 2.24) is 24.1 Å². The Bertz CT molecular complexity index is 1120. The van der Waals surface area contributed by atoms with Crippen molar-refractivity contribution in [2.75, 3.05) is 5.32 Å². The average Bonchev–Trinajstić information content (AvgIpc) is 3.30. The van der Waals surface area contributed by atoms with E-state index in [0.717, 1.165) is 22.0 Å². The first-order valence-electron chi connectivity index (χ1n) is 8.72. The minimum Gasteiger partial charge on any atom is -0.334 e. The third-order valence-corrected chi connectivity index (χ3v) is 4.51. The van der Waals surface area contributed by atoms with Crippen LogP contribution in [-0.4, -0.2) is 30.0 Å². The monoisotopic (exact) mass is 360 g/mol. The summed E-state index contributed by atoms with van der Waals surface area (Å²) in [6, 6.07) is 8.24. The van der Waals surface area contributed by atoms with Gasteiger partial charge in [0.05, 0.1) is 24.5 Å². The summed E-state index contributed by atoms with van der Waals surface area (Å²) in [7, 11) is 1.96. The third kappa shape index (κ3) is 3.31. The van der Waals surface area contributed by atoms with Crippen molar-refractivity contribution in [3.8, 4) is 11.3 Å². The lowest BCUT2D eigenvalue weighted by Crippen LogP contribution is -2.13. The lowest BCUT2D eigenvalue weighted by atomic mass is 10.1. The number of carbonyl (C=O) groups is 1. The number of hydrogen-bond donors (Lipinski definition) is 1. The Labute approximate surface area is 156 Å². The van der Waals surface area contributed by atoms with Crippen LogP contribution in [0.2, 0.25) is 0 Å². The van der Waals surface area contributed by atoms with Gasteiger partial charge in [-0.2, -0.15) is 0 Å². The van der Waals surface area contributed by atoms with Crippen LogP contribution in [0, 0.1) is 0 Å². The summed E-state index contributed by atoms with van der Waals surface area (Å²) in [4.78, 5) is 25.1. The molecular weight excluding hydrogens is 340 g/mol. The Balaban J connectivity index is 1.62. The molecule has 0 aliphatic rings. The largest absolute Gasteiger partial charge is 0.334 e. The zero-order chi connectivity index (χ0) is 19.0. The summed E-state index contributed by atoms with van der Waals surface area (Å²) in [6.07, 6.45) is 8.75. The van der Waals surface area contributed by atoms with E-state index in [0.29, 0.717) is 11.5 Å². The fourth-order valence-corrected chi connectivity index (χ4v) is 2.92. The number of nitrogens with zero attached hydrogens (tertiary/aromatic N) is 5. The predicted molar refractivity (Wildman–Crippen MR) is 105 cm³/mol. The van der Waals surface area contributed by atoms with Crippen LogP contribution in [0.1, 0.15) is 30.4 Å². The van der Waals surface area contributed by atoms with E-state index >= 15 is 0 Å². The molecule has 4 aromatic rings. The maximum absolute atomic E-state index is 12.4. The van der Waals surface area contributed by atoms with E-state index in [2.05, 4.69) is 26.3 Å². The molecule has 3 aromatic heterocycles. The number of anilines is 1. The maximum atomic E-state index is 12.4. The molecule has 0 unspecified atom stereocenters. The first kappa shape index (κ1) is 17.0. The molecule has 7 nitrogen and oxygen atoms in total. The Morgan fingerprint density at radius 2 is 1.93 bits per heavy atom. The number of aryl methyl sites for hydroxylation is 1. The van der Waals surface area contributed by atoms with Gasteiger partial charge in [0, 0.05) is 36.4 Å². The summed E-state index contributed by atoms with van der Waals surface area (Å²) in [5, 5.41) is 4.82. The molecular formula is C20H20N6O. The highest BCUT2D eigenvalue weighted by molar-refractivity contribution is 6.03. The fourth-order valence-electron chi connectivity index (χ4n) is 2.92. The van der Waals surface area contributed by atoms with Crippen LogP contribution >= 0.6 is 0 Å². The third-order valence-electron chi connectivity index (χ3n) is 4.51. The van der Waals surface area contributed by atoms with Gasteiger partial charge in [-0.25, -0.2) is 15.0 Å². The van der Waals surface area contributed by atoms with E-state index in [1.165, 1.54) is 0 Å². The van der Waals surface area contributed by atoms with E-state index in [1.54, 1.807) is 25.0 Å². The zero-order valence-corrected chi connectivity index (χ0v) is 15.4. The number of fused-ring (bicyclic) bond motifs is 1. The van der Waals surface area contributed by atoms with Crippen LogP contribution in [0.3, 0.4) is 0 Å². The number of benzene rings is 1. The van der Waals surface area contributed by atoms with Crippen LogP contribution in [0.15, 0.2) is 55.5 Å². The summed E-state index contributed by atoms with van der Waals surface area (Å²) in [5.74, 6) is 0.220. The molecule has 0 atom stereocenters. The van der Waals surface area contributed by atoms with Gasteiger partial charge in [0.25, 0.3) is 5.91 Å². The molecule has 4 rings (SSSR count). The predicted octanol–water partition coefficient (Wildman–Crippen LogP) is 3.67. The Morgan fingerprint density at radius 1 is 1.07 bits per heavy atom. The van der Waals surface area contributed by atoms with Gasteiger partial charge in [0.2, 0.25) is 0 Å². The number of pyridine rings is 1. The molecule has 1 N–H and O–H groups in total. The maximum Gasteiger partial charge on any atom is 0.276 e. The standard InChI is InChI=1S/C20H20N6O/c1-13(2)26-10-17(23-12-26)20(27)24-19-7-16-6-14(4-5-15(16)8-22-19)18-9-21-11-25(18)3/h4-13H,1-3H3,(H,22,24,27). The van der Waals surface area contributed by atoms with Gasteiger partial charge in [0.1, 0.15) is 11.5 Å². The summed E-state index contributed by atoms with van der Waals surface area (Å²) in [6.45, 7) is 4.07. The minimum absolute atomic E-state index is 0.253. The van der Waals surface area contributed by atoms with Crippen LogP contribution in [0.5, 0.6) is 0 Å². The summed E-state index contributed by atoms with van der Waals surface area (Å²) < 4.78 is 3.86. The van der Waals surface area contributed by atoms with E-state index in [1.807, 2.05) is 54.4 Å². The number of hydrogen-bond acceptors (Lipinski definition) is 4. The van der Waals surface area contributed by atoms with Crippen LogP contribution in [0.25, 0.3) is 22.0 Å². The topological polar surface area (TPSA) is 77.6 Å². The van der Waals surface area contributed by atoms with Crippen molar-refractivity contribution in [3.63, 3.8) is 0 Å². The molecule has 0 aliphatic carbocycles. The van der Waals surface area contributed by atoms with Crippen molar-refractivity contribution in [2.24, 2.45) is 7.05 Å². The Kier molecular flexibility index (Phi) is 4.19. The van der Waals surface area contributed by atoms with Crippen LogP contribution in [-0.2, 0) is 7.05 Å². The highest BCUT2D eigenvalue weighted by Crippen LogP contribution is 2.25. The fraction of sp³-hybridized carbons (Fsp3) is 0.200. The van der Waals surface area contributed by atoms with Crippen LogP contribution < -0.4 is 5.32 Å². The average molecular weight is 360 g/mol. The molecule has 1 amide bonds. The number of aromatic nitrogens is 5. The molecule has 0 bridgehead atoms. The molecule has 1 aromatic carbocycles. The van der Waals surface area contributed by atoms with Gasteiger partial charge in [-0.05, 0) is 31.4 Å². The number of rotatable bonds is 4. The van der Waals surface area contributed by atoms with Crippen molar-refractivity contribution < 1.29 is 4.79 Å². The number of carbonyl (C=O) groups excluding carboxylic acids is 1. The molecule has 0 spiro atoms. The molecule has 27 heavy (non-hydrogen) atoms. The number of imidazole rings is 2. The molecule has 0 saturated carbocycles. The van der Waals surface area contributed by atoms with Crippen LogP contribution in [0.4, 0.5) is 5.82 Å². The van der Waals surface area contributed by atoms with E-state index in [9.17, 15) is 4.79 Å². The molecule has 0 aliphatic heterocycles. The molecule has 136 valence electrons. The van der Waals surface area contributed by atoms with Crippen molar-refractivity contribution in [1.29, 1.82) is 0 Å². The second-order valence-electron chi connectivity index (χ2n) is 6.78. The van der Waals surface area contributed by atoms with Gasteiger partial charge in [0.15, 0.2) is 0 Å². The summed E-state index contributed by atoms with van der Waals surface area (Å²) in [5.41, 5.74) is 2.45. The molecule has 3 heterocycles. The van der Waals surface area contributed by atoms with Crippen molar-refractivity contribution in [2.45, 2.75) is 19.9 Å². The second-order valence-corrected chi connectivity index (χ2v) is 6.78. The highest BCUT2D eigenvalue weighted by Gasteiger charge is 2.12. The molecule has 0 radical (unpaired) electrons. The first-order chi connectivity index (χ1) is 13.0. The van der Waals surface area contributed by atoms with Crippen molar-refractivity contribution in [3.05, 3.63) is 61.2 Å². The Morgan fingerprint density at radius 3 is 2.63 bits per heavy atom. The lowest BCUT2D eigenvalue weighted by Gasteiger charge is -2.07. The van der Waals surface area contributed by atoms with Gasteiger partial charge in [-0.15, -0.1) is 0 Å². The normalized spacial score (nSPS) is 11.3. The first-order valence-corrected chi connectivity index (χ1v) is 8.72. The van der Waals surface area contributed by atoms with Crippen molar-refractivity contribution >= 4 is 22.5 Å². The minimum atomic E-state index is -0.274.